The van der Waals surface area contributed by atoms with Gasteiger partial charge in [0.15, 0.2) is 0 Å². The van der Waals surface area contributed by atoms with Gasteiger partial charge in [0.2, 0.25) is 0 Å². The van der Waals surface area contributed by atoms with Crippen molar-refractivity contribution in [3.05, 3.63) is 0 Å². The second-order valence-electron chi connectivity index (χ2n) is 5.96. The molecule has 0 aromatic heterocycles. The van der Waals surface area contributed by atoms with Crippen LogP contribution in [0.25, 0.3) is 0 Å². The van der Waals surface area contributed by atoms with Crippen molar-refractivity contribution in [1.29, 1.82) is 0 Å². The number of carboxylic acid groups (broad SMARTS) is 1. The molecule has 122 valence electrons. The fraction of sp³-hybridized carbons (Fsp3) is 0.867. The van der Waals surface area contributed by atoms with Crippen molar-refractivity contribution in [3.8, 4) is 0 Å². The number of carbonyl (C=O) groups excluding carboxylic acids is 1. The minimum atomic E-state index is -0.913. The Morgan fingerprint density at radius 2 is 2.14 bits per heavy atom. The number of nitrogens with one attached hydrogen (secondary N) is 1. The normalized spacial score (nSPS) is 21.7. The zero-order valence-corrected chi connectivity index (χ0v) is 13.4. The minimum absolute atomic E-state index is 0.0986. The summed E-state index contributed by atoms with van der Waals surface area (Å²) in [5, 5.41) is 12.0. The van der Waals surface area contributed by atoms with Gasteiger partial charge in [-0.05, 0) is 32.6 Å². The van der Waals surface area contributed by atoms with Crippen LogP contribution < -0.4 is 5.32 Å². The van der Waals surface area contributed by atoms with Crippen molar-refractivity contribution >= 4 is 12.0 Å². The van der Waals surface area contributed by atoms with E-state index in [2.05, 4.69) is 12.2 Å². The number of likely N-dealkylation sites (tertiary alicyclic amines) is 1. The highest BCUT2D eigenvalue weighted by Gasteiger charge is 2.32. The minimum Gasteiger partial charge on any atom is -0.481 e. The molecule has 0 bridgehead atoms. The SMILES string of the molecule is CCCOC1CCCN(C(=O)NCC(C)(CC)C(=O)O)C1. The molecular weight excluding hydrogens is 272 g/mol. The van der Waals surface area contributed by atoms with Crippen molar-refractivity contribution in [3.63, 3.8) is 0 Å². The van der Waals surface area contributed by atoms with Crippen LogP contribution >= 0.6 is 0 Å². The number of ether oxygens (including phenoxy) is 1. The first-order valence-electron chi connectivity index (χ1n) is 7.80. The molecule has 2 atom stereocenters. The summed E-state index contributed by atoms with van der Waals surface area (Å²) in [5.74, 6) is -0.881. The Hall–Kier alpha value is -1.30. The molecule has 1 aliphatic rings. The molecule has 0 aromatic rings. The molecule has 1 saturated heterocycles. The molecule has 6 nitrogen and oxygen atoms in total. The highest BCUT2D eigenvalue weighted by Crippen LogP contribution is 2.20. The lowest BCUT2D eigenvalue weighted by Crippen LogP contribution is -2.50. The summed E-state index contributed by atoms with van der Waals surface area (Å²) in [7, 11) is 0. The summed E-state index contributed by atoms with van der Waals surface area (Å²) in [6.45, 7) is 7.68. The Kier molecular flexibility index (Phi) is 6.95. The van der Waals surface area contributed by atoms with E-state index in [1.54, 1.807) is 11.8 Å². The van der Waals surface area contributed by atoms with Crippen LogP contribution in [0.2, 0.25) is 0 Å². The van der Waals surface area contributed by atoms with E-state index in [1.165, 1.54) is 0 Å². The summed E-state index contributed by atoms with van der Waals surface area (Å²) in [5.41, 5.74) is -0.913. The van der Waals surface area contributed by atoms with Gasteiger partial charge in [0, 0.05) is 26.2 Å². The summed E-state index contributed by atoms with van der Waals surface area (Å²) >= 11 is 0. The van der Waals surface area contributed by atoms with E-state index >= 15 is 0 Å². The van der Waals surface area contributed by atoms with Crippen LogP contribution in [0.5, 0.6) is 0 Å². The largest absolute Gasteiger partial charge is 0.481 e. The molecule has 1 rings (SSSR count). The number of nitrogens with zero attached hydrogens (tertiary/aromatic N) is 1. The van der Waals surface area contributed by atoms with E-state index < -0.39 is 11.4 Å². The van der Waals surface area contributed by atoms with Crippen molar-refractivity contribution in [2.45, 2.75) is 52.6 Å². The number of piperidine rings is 1. The Labute approximate surface area is 126 Å². The van der Waals surface area contributed by atoms with E-state index in [1.807, 2.05) is 6.92 Å². The number of hydrogen-bond donors (Lipinski definition) is 2. The number of aliphatic carboxylic acids is 1. The Bertz CT molecular complexity index is 362. The average molecular weight is 300 g/mol. The van der Waals surface area contributed by atoms with E-state index in [0.29, 0.717) is 26.1 Å². The number of amides is 2. The summed E-state index contributed by atoms with van der Waals surface area (Å²) < 4.78 is 5.70. The third-order valence-corrected chi connectivity index (χ3v) is 4.15. The van der Waals surface area contributed by atoms with E-state index in [9.17, 15) is 14.7 Å². The predicted octanol–water partition coefficient (Wildman–Crippen LogP) is 2.09. The molecule has 1 aliphatic heterocycles. The zero-order valence-electron chi connectivity index (χ0n) is 13.4. The highest BCUT2D eigenvalue weighted by atomic mass is 16.5. The smallest absolute Gasteiger partial charge is 0.317 e. The van der Waals surface area contributed by atoms with Crippen molar-refractivity contribution < 1.29 is 19.4 Å². The number of urea groups is 1. The zero-order chi connectivity index (χ0) is 15.9. The van der Waals surface area contributed by atoms with Crippen LogP contribution in [-0.4, -0.2) is 54.4 Å². The quantitative estimate of drug-likeness (QED) is 0.754. The molecular formula is C15H28N2O4. The van der Waals surface area contributed by atoms with Crippen LogP contribution in [0, 0.1) is 5.41 Å². The standard InChI is InChI=1S/C15H28N2O4/c1-4-9-21-12-7-6-8-17(10-12)14(20)16-11-15(3,5-2)13(18)19/h12H,4-11H2,1-3H3,(H,16,20)(H,18,19). The van der Waals surface area contributed by atoms with Gasteiger partial charge < -0.3 is 20.1 Å². The van der Waals surface area contributed by atoms with Gasteiger partial charge in [0.25, 0.3) is 0 Å². The van der Waals surface area contributed by atoms with Crippen LogP contribution in [0.15, 0.2) is 0 Å². The summed E-state index contributed by atoms with van der Waals surface area (Å²) in [6, 6.07) is -0.194. The van der Waals surface area contributed by atoms with Crippen molar-refractivity contribution in [2.24, 2.45) is 5.41 Å². The van der Waals surface area contributed by atoms with E-state index in [0.717, 1.165) is 19.3 Å². The molecule has 2 amide bonds. The third kappa shape index (κ3) is 5.19. The molecule has 0 spiro atoms. The van der Waals surface area contributed by atoms with Gasteiger partial charge >= 0.3 is 12.0 Å². The van der Waals surface area contributed by atoms with Crippen molar-refractivity contribution in [2.75, 3.05) is 26.2 Å². The average Bonchev–Trinajstić information content (AvgIpc) is 2.50. The van der Waals surface area contributed by atoms with Gasteiger partial charge in [-0.2, -0.15) is 0 Å². The Morgan fingerprint density at radius 1 is 1.43 bits per heavy atom. The lowest BCUT2D eigenvalue weighted by atomic mass is 9.88. The molecule has 0 saturated carbocycles. The number of rotatable bonds is 7. The first-order valence-corrected chi connectivity index (χ1v) is 7.80. The molecule has 1 heterocycles. The first-order chi connectivity index (χ1) is 9.92. The Balaban J connectivity index is 2.46. The molecule has 1 fully saturated rings. The summed E-state index contributed by atoms with van der Waals surface area (Å²) in [4.78, 5) is 25.1. The molecule has 0 radical (unpaired) electrons. The molecule has 2 unspecified atom stereocenters. The van der Waals surface area contributed by atoms with Crippen molar-refractivity contribution in [1.82, 2.24) is 10.2 Å². The first kappa shape index (κ1) is 17.8. The highest BCUT2D eigenvalue weighted by molar-refractivity contribution is 5.78. The molecule has 0 aliphatic carbocycles. The maximum atomic E-state index is 12.2. The maximum Gasteiger partial charge on any atom is 0.317 e. The second kappa shape index (κ2) is 8.22. The van der Waals surface area contributed by atoms with Gasteiger partial charge in [-0.3, -0.25) is 4.79 Å². The van der Waals surface area contributed by atoms with Crippen LogP contribution in [-0.2, 0) is 9.53 Å². The topological polar surface area (TPSA) is 78.9 Å². The fourth-order valence-corrected chi connectivity index (χ4v) is 2.28. The van der Waals surface area contributed by atoms with Gasteiger partial charge in [-0.1, -0.05) is 13.8 Å². The predicted molar refractivity (Wildman–Crippen MR) is 80.3 cm³/mol. The van der Waals surface area contributed by atoms with Crippen LogP contribution in [0.3, 0.4) is 0 Å². The lowest BCUT2D eigenvalue weighted by molar-refractivity contribution is -0.147. The van der Waals surface area contributed by atoms with E-state index in [-0.39, 0.29) is 18.7 Å². The lowest BCUT2D eigenvalue weighted by Gasteiger charge is -2.33. The maximum absolute atomic E-state index is 12.2. The summed E-state index contributed by atoms with van der Waals surface area (Å²) in [6.07, 6.45) is 3.44. The molecule has 2 N–H and O–H groups in total. The number of carboxylic acids is 1. The van der Waals surface area contributed by atoms with Gasteiger partial charge in [0.1, 0.15) is 0 Å². The van der Waals surface area contributed by atoms with Gasteiger partial charge in [-0.15, -0.1) is 0 Å². The van der Waals surface area contributed by atoms with Gasteiger partial charge in [-0.25, -0.2) is 4.79 Å². The molecule has 0 aromatic carbocycles. The van der Waals surface area contributed by atoms with Gasteiger partial charge in [0.05, 0.1) is 11.5 Å². The van der Waals surface area contributed by atoms with Crippen LogP contribution in [0.4, 0.5) is 4.79 Å². The van der Waals surface area contributed by atoms with Crippen LogP contribution in [0.1, 0.15) is 46.5 Å². The number of carbonyl (C=O) groups is 2. The number of hydrogen-bond acceptors (Lipinski definition) is 3. The Morgan fingerprint density at radius 3 is 2.71 bits per heavy atom. The molecule has 6 heteroatoms. The monoisotopic (exact) mass is 300 g/mol. The fourth-order valence-electron chi connectivity index (χ4n) is 2.28. The molecule has 21 heavy (non-hydrogen) atoms. The third-order valence-electron chi connectivity index (χ3n) is 4.15. The van der Waals surface area contributed by atoms with E-state index in [4.69, 9.17) is 4.74 Å². The second-order valence-corrected chi connectivity index (χ2v) is 5.96.